The maximum Gasteiger partial charge on any atom is 0.257 e. The van der Waals surface area contributed by atoms with Crippen LogP contribution in [0.3, 0.4) is 0 Å². The average molecular weight is 316 g/mol. The molecule has 0 bridgehead atoms. The van der Waals surface area contributed by atoms with Crippen molar-refractivity contribution in [3.05, 3.63) is 46.8 Å². The van der Waals surface area contributed by atoms with Gasteiger partial charge in [0, 0.05) is 12.5 Å². The van der Waals surface area contributed by atoms with E-state index in [0.717, 1.165) is 11.3 Å². The van der Waals surface area contributed by atoms with E-state index in [-0.39, 0.29) is 17.9 Å². The summed E-state index contributed by atoms with van der Waals surface area (Å²) in [5, 5.41) is 6.82. The van der Waals surface area contributed by atoms with Crippen LogP contribution in [0.2, 0.25) is 0 Å². The minimum absolute atomic E-state index is 0.115. The number of amides is 1. The lowest BCUT2D eigenvalue weighted by Crippen LogP contribution is -2.24. The maximum absolute atomic E-state index is 12.4. The van der Waals surface area contributed by atoms with Gasteiger partial charge in [-0.3, -0.25) is 4.79 Å². The lowest BCUT2D eigenvalue weighted by atomic mass is 10.0. The zero-order valence-corrected chi connectivity index (χ0v) is 14.3. The van der Waals surface area contributed by atoms with Crippen LogP contribution in [0.25, 0.3) is 0 Å². The summed E-state index contributed by atoms with van der Waals surface area (Å²) in [7, 11) is 0. The van der Waals surface area contributed by atoms with E-state index in [1.54, 1.807) is 6.92 Å². The molecule has 2 aromatic rings. The first-order chi connectivity index (χ1) is 10.9. The highest BCUT2D eigenvalue weighted by Gasteiger charge is 2.22. The molecule has 1 heterocycles. The number of carbonyl (C=O) groups is 1. The van der Waals surface area contributed by atoms with Gasteiger partial charge in [-0.05, 0) is 38.5 Å². The summed E-state index contributed by atoms with van der Waals surface area (Å²) in [5.41, 5.74) is 2.17. The summed E-state index contributed by atoms with van der Waals surface area (Å²) in [5.74, 6) is 1.41. The van der Waals surface area contributed by atoms with Gasteiger partial charge in [-0.25, -0.2) is 0 Å². The quantitative estimate of drug-likeness (QED) is 0.880. The first-order valence-electron chi connectivity index (χ1n) is 7.88. The largest absolute Gasteiger partial charge is 0.491 e. The Morgan fingerprint density at radius 2 is 1.87 bits per heavy atom. The fourth-order valence-corrected chi connectivity index (χ4v) is 2.29. The molecule has 0 atom stereocenters. The smallest absolute Gasteiger partial charge is 0.257 e. The Morgan fingerprint density at radius 1 is 1.22 bits per heavy atom. The van der Waals surface area contributed by atoms with Gasteiger partial charge in [0.05, 0.1) is 11.8 Å². The van der Waals surface area contributed by atoms with E-state index in [9.17, 15) is 4.79 Å². The molecule has 5 nitrogen and oxygen atoms in total. The van der Waals surface area contributed by atoms with Gasteiger partial charge < -0.3 is 14.6 Å². The van der Waals surface area contributed by atoms with Crippen molar-refractivity contribution in [3.8, 4) is 5.75 Å². The second kappa shape index (κ2) is 7.31. The van der Waals surface area contributed by atoms with Gasteiger partial charge >= 0.3 is 0 Å². The fraction of sp³-hybridized carbons (Fsp3) is 0.444. The van der Waals surface area contributed by atoms with Crippen LogP contribution >= 0.6 is 0 Å². The monoisotopic (exact) mass is 316 g/mol. The van der Waals surface area contributed by atoms with E-state index in [1.165, 1.54) is 0 Å². The van der Waals surface area contributed by atoms with Gasteiger partial charge in [0.25, 0.3) is 5.91 Å². The van der Waals surface area contributed by atoms with Crippen molar-refractivity contribution < 1.29 is 14.1 Å². The predicted molar refractivity (Wildman–Crippen MR) is 88.7 cm³/mol. The fourth-order valence-electron chi connectivity index (χ4n) is 2.29. The number of hydrogen-bond acceptors (Lipinski definition) is 4. The van der Waals surface area contributed by atoms with Gasteiger partial charge in [0.15, 0.2) is 5.76 Å². The van der Waals surface area contributed by atoms with E-state index >= 15 is 0 Å². The van der Waals surface area contributed by atoms with Gasteiger partial charge in [0.1, 0.15) is 11.3 Å². The Kier molecular flexibility index (Phi) is 5.42. The molecule has 1 amide bonds. The third-order valence-electron chi connectivity index (χ3n) is 3.39. The number of ether oxygens (including phenoxy) is 1. The summed E-state index contributed by atoms with van der Waals surface area (Å²) >= 11 is 0. The molecule has 0 aliphatic rings. The van der Waals surface area contributed by atoms with Crippen LogP contribution in [0.15, 0.2) is 28.8 Å². The molecule has 0 unspecified atom stereocenters. The highest BCUT2D eigenvalue weighted by molar-refractivity contribution is 5.96. The summed E-state index contributed by atoms with van der Waals surface area (Å²) in [6.07, 6.45) is 0.145. The molecule has 0 saturated heterocycles. The van der Waals surface area contributed by atoms with Gasteiger partial charge in [-0.2, -0.15) is 0 Å². The Labute approximate surface area is 137 Å². The average Bonchev–Trinajstić information content (AvgIpc) is 2.88. The molecule has 1 aromatic carbocycles. The Morgan fingerprint density at radius 3 is 2.43 bits per heavy atom. The van der Waals surface area contributed by atoms with Crippen molar-refractivity contribution >= 4 is 5.91 Å². The first kappa shape index (κ1) is 17.1. The lowest BCUT2D eigenvalue weighted by Gasteiger charge is -2.11. The van der Waals surface area contributed by atoms with Crippen molar-refractivity contribution in [2.75, 3.05) is 0 Å². The van der Waals surface area contributed by atoms with Crippen LogP contribution in [0, 0.1) is 6.92 Å². The number of benzene rings is 1. The second-order valence-corrected chi connectivity index (χ2v) is 6.16. The number of carbonyl (C=O) groups excluding carboxylic acids is 1. The number of nitrogens with one attached hydrogen (secondary N) is 1. The van der Waals surface area contributed by atoms with Crippen molar-refractivity contribution in [3.63, 3.8) is 0 Å². The molecule has 124 valence electrons. The second-order valence-electron chi connectivity index (χ2n) is 6.16. The number of aromatic nitrogens is 1. The summed E-state index contributed by atoms with van der Waals surface area (Å²) in [6, 6.07) is 7.71. The Balaban J connectivity index is 2.01. The molecular formula is C18H24N2O3. The highest BCUT2D eigenvalue weighted by Crippen LogP contribution is 2.22. The van der Waals surface area contributed by atoms with Gasteiger partial charge in [-0.1, -0.05) is 31.1 Å². The molecule has 0 saturated carbocycles. The molecular weight excluding hydrogens is 292 g/mol. The predicted octanol–water partition coefficient (Wildman–Crippen LogP) is 3.82. The van der Waals surface area contributed by atoms with Crippen molar-refractivity contribution in [2.24, 2.45) is 0 Å². The highest BCUT2D eigenvalue weighted by atomic mass is 16.5. The molecule has 2 rings (SSSR count). The molecule has 0 aliphatic carbocycles. The topological polar surface area (TPSA) is 64.4 Å². The summed E-state index contributed by atoms with van der Waals surface area (Å²) in [6.45, 7) is 10.2. The third-order valence-corrected chi connectivity index (χ3v) is 3.39. The minimum Gasteiger partial charge on any atom is -0.491 e. The van der Waals surface area contributed by atoms with Gasteiger partial charge in [-0.15, -0.1) is 0 Å². The molecule has 1 aromatic heterocycles. The number of rotatable bonds is 6. The van der Waals surface area contributed by atoms with E-state index in [1.807, 2.05) is 52.0 Å². The van der Waals surface area contributed by atoms with Crippen LogP contribution in [0.1, 0.15) is 61.0 Å². The van der Waals surface area contributed by atoms with Crippen molar-refractivity contribution in [1.29, 1.82) is 0 Å². The first-order valence-corrected chi connectivity index (χ1v) is 7.88. The zero-order valence-electron chi connectivity index (χ0n) is 14.3. The molecule has 0 aliphatic heterocycles. The number of hydrogen-bond donors (Lipinski definition) is 1. The number of aryl methyl sites for hydroxylation is 1. The lowest BCUT2D eigenvalue weighted by molar-refractivity contribution is 0.0948. The van der Waals surface area contributed by atoms with E-state index < -0.39 is 0 Å². The van der Waals surface area contributed by atoms with Crippen LogP contribution in [-0.4, -0.2) is 17.2 Å². The van der Waals surface area contributed by atoms with Crippen molar-refractivity contribution in [1.82, 2.24) is 10.5 Å². The standard InChI is InChI=1S/C18H24N2O3/c1-11(2)17-16(13(5)20-23-17)18(21)19-10-14-6-8-15(9-7-14)22-12(3)4/h6-9,11-12H,10H2,1-5H3,(H,19,21). The minimum atomic E-state index is -0.157. The SMILES string of the molecule is Cc1noc(C(C)C)c1C(=O)NCc1ccc(OC(C)C)cc1. The van der Waals surface area contributed by atoms with Gasteiger partial charge in [0.2, 0.25) is 0 Å². The number of nitrogens with zero attached hydrogens (tertiary/aromatic N) is 1. The molecule has 0 radical (unpaired) electrons. The molecule has 23 heavy (non-hydrogen) atoms. The molecule has 0 spiro atoms. The Bertz CT molecular complexity index is 657. The van der Waals surface area contributed by atoms with E-state index in [4.69, 9.17) is 9.26 Å². The maximum atomic E-state index is 12.4. The Hall–Kier alpha value is -2.30. The van der Waals surface area contributed by atoms with Crippen LogP contribution in [-0.2, 0) is 6.54 Å². The van der Waals surface area contributed by atoms with Crippen molar-refractivity contribution in [2.45, 2.75) is 53.2 Å². The summed E-state index contributed by atoms with van der Waals surface area (Å²) < 4.78 is 10.9. The molecule has 0 fully saturated rings. The third kappa shape index (κ3) is 4.34. The van der Waals surface area contributed by atoms with E-state index in [0.29, 0.717) is 23.6 Å². The summed E-state index contributed by atoms with van der Waals surface area (Å²) in [4.78, 5) is 12.4. The zero-order chi connectivity index (χ0) is 17.0. The van der Waals surface area contributed by atoms with E-state index in [2.05, 4.69) is 10.5 Å². The van der Waals surface area contributed by atoms with Crippen LogP contribution in [0.4, 0.5) is 0 Å². The molecule has 5 heteroatoms. The normalized spacial score (nSPS) is 11.1. The van der Waals surface area contributed by atoms with Crippen LogP contribution < -0.4 is 10.1 Å². The van der Waals surface area contributed by atoms with Crippen LogP contribution in [0.5, 0.6) is 5.75 Å². The molecule has 1 N–H and O–H groups in total.